The Labute approximate surface area is 151 Å². The zero-order valence-corrected chi connectivity index (χ0v) is 14.4. The summed E-state index contributed by atoms with van der Waals surface area (Å²) >= 11 is 1.26. The molecule has 2 aliphatic rings. The molecule has 1 fully saturated rings. The van der Waals surface area contributed by atoms with Gasteiger partial charge in [0.05, 0.1) is 12.9 Å². The Morgan fingerprint density at radius 1 is 1.54 bits per heavy atom. The van der Waals surface area contributed by atoms with E-state index in [-0.39, 0.29) is 28.5 Å². The summed E-state index contributed by atoms with van der Waals surface area (Å²) in [4.78, 5) is 42.0. The van der Waals surface area contributed by atoms with Gasteiger partial charge in [-0.15, -0.1) is 11.8 Å². The summed E-state index contributed by atoms with van der Waals surface area (Å²) in [5, 5.41) is 24.2. The van der Waals surface area contributed by atoms with E-state index in [4.69, 9.17) is 4.42 Å². The highest BCUT2D eigenvalue weighted by molar-refractivity contribution is 8.00. The Morgan fingerprint density at radius 2 is 2.31 bits per heavy atom. The van der Waals surface area contributed by atoms with E-state index in [1.807, 2.05) is 0 Å². The standard InChI is InChI=1S/C15H15N3O7S/c1-24-17-9(8-3-2-4-25-8)12(20)16-10-13(21)18-11(15(22)23)7(5-19)6-26-14(10)18/h2-4,10,14,19H,5-6H2,1H3,(H,16,20)(H,22,23)/t10-,14+/m1/s1. The van der Waals surface area contributed by atoms with Crippen molar-refractivity contribution in [3.05, 3.63) is 35.4 Å². The maximum absolute atomic E-state index is 12.5. The van der Waals surface area contributed by atoms with Crippen LogP contribution in [0.4, 0.5) is 0 Å². The molecule has 2 atom stereocenters. The number of hydrogen-bond donors (Lipinski definition) is 3. The molecule has 1 saturated heterocycles. The summed E-state index contributed by atoms with van der Waals surface area (Å²) in [5.41, 5.74) is -0.118. The highest BCUT2D eigenvalue weighted by Crippen LogP contribution is 2.40. The minimum atomic E-state index is -1.30. The minimum absolute atomic E-state index is 0.144. The summed E-state index contributed by atoms with van der Waals surface area (Å²) < 4.78 is 5.13. The van der Waals surface area contributed by atoms with Crippen molar-refractivity contribution in [3.63, 3.8) is 0 Å². The predicted octanol–water partition coefficient (Wildman–Crippen LogP) is -0.639. The van der Waals surface area contributed by atoms with Crippen LogP contribution in [0.2, 0.25) is 0 Å². The lowest BCUT2D eigenvalue weighted by atomic mass is 10.0. The van der Waals surface area contributed by atoms with E-state index in [9.17, 15) is 24.6 Å². The maximum Gasteiger partial charge on any atom is 0.352 e. The molecule has 1 aromatic rings. The molecule has 0 bridgehead atoms. The van der Waals surface area contributed by atoms with Crippen LogP contribution in [0.1, 0.15) is 5.76 Å². The highest BCUT2D eigenvalue weighted by atomic mass is 32.2. The second kappa shape index (κ2) is 7.22. The number of amides is 2. The maximum atomic E-state index is 12.5. The molecule has 3 N–H and O–H groups in total. The number of β-lactam (4-membered cyclic amide) rings is 1. The highest BCUT2D eigenvalue weighted by Gasteiger charge is 2.54. The van der Waals surface area contributed by atoms with Crippen LogP contribution in [0.5, 0.6) is 0 Å². The average molecular weight is 381 g/mol. The molecule has 0 spiro atoms. The van der Waals surface area contributed by atoms with Crippen LogP contribution >= 0.6 is 11.8 Å². The van der Waals surface area contributed by atoms with Gasteiger partial charge in [0.15, 0.2) is 5.76 Å². The summed E-state index contributed by atoms with van der Waals surface area (Å²) in [5.74, 6) is -2.15. The summed E-state index contributed by atoms with van der Waals surface area (Å²) in [6.07, 6.45) is 1.36. The molecule has 3 rings (SSSR count). The van der Waals surface area contributed by atoms with Crippen molar-refractivity contribution in [2.24, 2.45) is 5.16 Å². The number of carboxylic acid groups (broad SMARTS) is 1. The number of fused-ring (bicyclic) bond motifs is 1. The number of nitrogens with zero attached hydrogens (tertiary/aromatic N) is 2. The lowest BCUT2D eigenvalue weighted by Crippen LogP contribution is -2.71. The molecular weight excluding hydrogens is 366 g/mol. The van der Waals surface area contributed by atoms with Gasteiger partial charge >= 0.3 is 5.97 Å². The van der Waals surface area contributed by atoms with Gasteiger partial charge in [0, 0.05) is 5.75 Å². The van der Waals surface area contributed by atoms with Gasteiger partial charge in [0.1, 0.15) is 24.2 Å². The van der Waals surface area contributed by atoms with Crippen molar-refractivity contribution >= 4 is 35.3 Å². The second-order valence-corrected chi connectivity index (χ2v) is 6.48. The molecule has 0 unspecified atom stereocenters. The smallest absolute Gasteiger partial charge is 0.352 e. The number of carbonyl (C=O) groups is 3. The number of aliphatic hydroxyl groups is 1. The van der Waals surface area contributed by atoms with Crippen molar-refractivity contribution in [1.82, 2.24) is 10.2 Å². The zero-order valence-electron chi connectivity index (χ0n) is 13.5. The Bertz CT molecular complexity index is 802. The zero-order chi connectivity index (χ0) is 18.8. The van der Waals surface area contributed by atoms with E-state index in [0.717, 1.165) is 4.90 Å². The molecule has 11 heteroatoms. The Kier molecular flexibility index (Phi) is 5.00. The van der Waals surface area contributed by atoms with E-state index < -0.39 is 35.8 Å². The molecule has 0 aromatic carbocycles. The van der Waals surface area contributed by atoms with E-state index >= 15 is 0 Å². The van der Waals surface area contributed by atoms with Crippen LogP contribution in [0, 0.1) is 0 Å². The minimum Gasteiger partial charge on any atom is -0.477 e. The first-order valence-corrected chi connectivity index (χ1v) is 8.51. The Balaban J connectivity index is 1.78. The molecule has 2 aliphatic heterocycles. The number of thioether (sulfide) groups is 1. The number of carbonyl (C=O) groups excluding carboxylic acids is 2. The Morgan fingerprint density at radius 3 is 2.88 bits per heavy atom. The third-order valence-corrected chi connectivity index (χ3v) is 5.22. The van der Waals surface area contributed by atoms with Gasteiger partial charge in [-0.05, 0) is 17.7 Å². The normalized spacial score (nSPS) is 22.6. The number of aliphatic hydroxyl groups excluding tert-OH is 1. The molecule has 138 valence electrons. The molecule has 26 heavy (non-hydrogen) atoms. The fraction of sp³-hybridized carbons (Fsp3) is 0.333. The Hall–Kier alpha value is -2.79. The summed E-state index contributed by atoms with van der Waals surface area (Å²) in [7, 11) is 1.27. The van der Waals surface area contributed by atoms with Gasteiger partial charge in [0.25, 0.3) is 11.8 Å². The summed E-state index contributed by atoms with van der Waals surface area (Å²) in [6, 6.07) is 2.17. The van der Waals surface area contributed by atoms with Crippen molar-refractivity contribution in [2.45, 2.75) is 11.4 Å². The monoisotopic (exact) mass is 381 g/mol. The lowest BCUT2D eigenvalue weighted by molar-refractivity contribution is -0.150. The fourth-order valence-corrected chi connectivity index (χ4v) is 4.05. The predicted molar refractivity (Wildman–Crippen MR) is 89.0 cm³/mol. The van der Waals surface area contributed by atoms with Crippen LogP contribution in [0.15, 0.2) is 39.2 Å². The molecule has 0 aliphatic carbocycles. The first kappa shape index (κ1) is 18.0. The quantitative estimate of drug-likeness (QED) is 0.336. The van der Waals surface area contributed by atoms with E-state index in [2.05, 4.69) is 15.3 Å². The summed E-state index contributed by atoms with van der Waals surface area (Å²) in [6.45, 7) is -0.453. The number of hydrogen-bond acceptors (Lipinski definition) is 8. The fourth-order valence-electron chi connectivity index (χ4n) is 2.72. The van der Waals surface area contributed by atoms with Crippen LogP contribution in [-0.4, -0.2) is 69.5 Å². The lowest BCUT2D eigenvalue weighted by Gasteiger charge is -2.49. The van der Waals surface area contributed by atoms with Crippen LogP contribution in [0.25, 0.3) is 0 Å². The van der Waals surface area contributed by atoms with E-state index in [1.165, 1.54) is 31.2 Å². The van der Waals surface area contributed by atoms with Gasteiger partial charge < -0.3 is 24.8 Å². The largest absolute Gasteiger partial charge is 0.477 e. The van der Waals surface area contributed by atoms with Gasteiger partial charge in [-0.2, -0.15) is 0 Å². The molecule has 1 aromatic heterocycles. The first-order chi connectivity index (χ1) is 12.5. The second-order valence-electron chi connectivity index (χ2n) is 5.38. The number of oxime groups is 1. The van der Waals surface area contributed by atoms with Crippen molar-refractivity contribution in [2.75, 3.05) is 19.5 Å². The topological polar surface area (TPSA) is 142 Å². The van der Waals surface area contributed by atoms with Crippen molar-refractivity contribution in [1.29, 1.82) is 0 Å². The number of aliphatic carboxylic acids is 1. The van der Waals surface area contributed by atoms with Crippen molar-refractivity contribution < 1.29 is 33.9 Å². The van der Waals surface area contributed by atoms with Gasteiger partial charge in [-0.1, -0.05) is 5.16 Å². The number of rotatable bonds is 6. The third-order valence-electron chi connectivity index (χ3n) is 3.88. The molecule has 0 radical (unpaired) electrons. The first-order valence-electron chi connectivity index (χ1n) is 7.46. The third kappa shape index (κ3) is 2.95. The molecule has 3 heterocycles. The van der Waals surface area contributed by atoms with Gasteiger partial charge in [0.2, 0.25) is 5.71 Å². The molecule has 2 amide bonds. The van der Waals surface area contributed by atoms with Crippen LogP contribution < -0.4 is 5.32 Å². The van der Waals surface area contributed by atoms with E-state index in [0.29, 0.717) is 0 Å². The van der Waals surface area contributed by atoms with Gasteiger partial charge in [-0.3, -0.25) is 14.5 Å². The van der Waals surface area contributed by atoms with Crippen LogP contribution in [0.3, 0.4) is 0 Å². The van der Waals surface area contributed by atoms with Gasteiger partial charge in [-0.25, -0.2) is 4.79 Å². The average Bonchev–Trinajstić information content (AvgIpc) is 3.16. The molecule has 10 nitrogen and oxygen atoms in total. The molecular formula is C15H15N3O7S. The van der Waals surface area contributed by atoms with Crippen molar-refractivity contribution in [3.8, 4) is 0 Å². The van der Waals surface area contributed by atoms with E-state index in [1.54, 1.807) is 6.07 Å². The molecule has 0 saturated carbocycles. The number of carboxylic acids is 1. The number of furan rings is 1. The number of nitrogens with one attached hydrogen (secondary N) is 1. The van der Waals surface area contributed by atoms with Crippen LogP contribution in [-0.2, 0) is 19.2 Å². The SMILES string of the molecule is CON=C(C(=O)N[C@@H]1C(=O)N2C(C(=O)O)=C(CO)CS[C@@H]12)c1ccco1.